The molecule has 3 nitrogen and oxygen atoms in total. The molecule has 17 heavy (non-hydrogen) atoms. The molecule has 0 spiro atoms. The Bertz CT molecular complexity index is 414. The average Bonchev–Trinajstić information content (AvgIpc) is 2.64. The summed E-state index contributed by atoms with van der Waals surface area (Å²) in [4.78, 5) is 0. The number of hydrogen-bond donors (Lipinski definition) is 1. The molecule has 1 fully saturated rings. The van der Waals surface area contributed by atoms with Gasteiger partial charge in [0.15, 0.2) is 5.75 Å². The van der Waals surface area contributed by atoms with Crippen molar-refractivity contribution in [3.63, 3.8) is 0 Å². The Balaban J connectivity index is 2.24. The minimum Gasteiger partial charge on any atom is -0.493 e. The third kappa shape index (κ3) is 2.87. The number of halogens is 2. The standard InChI is InChI=1S/C12H15BrClNO2/c1-7-10(3-4-17-7)15-11-6-8(14)5-9(13)12(11)16-2/h5-7,10,15H,3-4H2,1-2H3. The summed E-state index contributed by atoms with van der Waals surface area (Å²) in [7, 11) is 1.65. The minimum absolute atomic E-state index is 0.206. The van der Waals surface area contributed by atoms with Crippen LogP contribution in [-0.2, 0) is 4.74 Å². The average molecular weight is 321 g/mol. The molecule has 0 aliphatic carbocycles. The molecule has 0 amide bonds. The first-order chi connectivity index (χ1) is 8.11. The molecule has 1 aromatic carbocycles. The monoisotopic (exact) mass is 319 g/mol. The predicted molar refractivity (Wildman–Crippen MR) is 73.1 cm³/mol. The van der Waals surface area contributed by atoms with Crippen LogP contribution < -0.4 is 10.1 Å². The molecule has 2 unspecified atom stereocenters. The summed E-state index contributed by atoms with van der Waals surface area (Å²) in [5.41, 5.74) is 0.897. The van der Waals surface area contributed by atoms with Crippen LogP contribution in [-0.4, -0.2) is 25.9 Å². The number of methoxy groups -OCH3 is 1. The van der Waals surface area contributed by atoms with Crippen LogP contribution in [0.25, 0.3) is 0 Å². The SMILES string of the molecule is COc1c(Br)cc(Cl)cc1NC1CCOC1C. The minimum atomic E-state index is 0.206. The Hall–Kier alpha value is -0.450. The normalized spacial score (nSPS) is 23.8. The van der Waals surface area contributed by atoms with E-state index in [1.165, 1.54) is 0 Å². The van der Waals surface area contributed by atoms with Gasteiger partial charge in [0, 0.05) is 11.6 Å². The zero-order valence-corrected chi connectivity index (χ0v) is 12.1. The maximum atomic E-state index is 6.04. The van der Waals surface area contributed by atoms with Crippen molar-refractivity contribution in [3.05, 3.63) is 21.6 Å². The number of hydrogen-bond acceptors (Lipinski definition) is 3. The Labute approximate surface area is 115 Å². The van der Waals surface area contributed by atoms with Gasteiger partial charge in [-0.1, -0.05) is 11.6 Å². The second kappa shape index (κ2) is 5.46. The van der Waals surface area contributed by atoms with Crippen molar-refractivity contribution in [3.8, 4) is 5.75 Å². The van der Waals surface area contributed by atoms with E-state index in [2.05, 4.69) is 28.2 Å². The van der Waals surface area contributed by atoms with Crippen LogP contribution in [0.1, 0.15) is 13.3 Å². The van der Waals surface area contributed by atoms with Gasteiger partial charge in [0.1, 0.15) is 0 Å². The van der Waals surface area contributed by atoms with Crippen LogP contribution in [0.15, 0.2) is 16.6 Å². The van der Waals surface area contributed by atoms with Gasteiger partial charge in [-0.25, -0.2) is 0 Å². The molecule has 2 rings (SSSR count). The van der Waals surface area contributed by atoms with Gasteiger partial charge in [0.25, 0.3) is 0 Å². The lowest BCUT2D eigenvalue weighted by Crippen LogP contribution is -2.26. The highest BCUT2D eigenvalue weighted by Gasteiger charge is 2.25. The van der Waals surface area contributed by atoms with E-state index in [4.69, 9.17) is 21.1 Å². The predicted octanol–water partition coefficient (Wildman–Crippen LogP) is 3.70. The molecule has 1 N–H and O–H groups in total. The van der Waals surface area contributed by atoms with Crippen molar-refractivity contribution in [2.24, 2.45) is 0 Å². The Kier molecular flexibility index (Phi) is 4.17. The lowest BCUT2D eigenvalue weighted by atomic mass is 10.1. The molecule has 5 heteroatoms. The van der Waals surface area contributed by atoms with E-state index in [0.29, 0.717) is 11.1 Å². The lowest BCUT2D eigenvalue weighted by molar-refractivity contribution is 0.121. The van der Waals surface area contributed by atoms with Crippen LogP contribution in [0.2, 0.25) is 5.02 Å². The van der Waals surface area contributed by atoms with Gasteiger partial charge in [-0.05, 0) is 41.4 Å². The smallest absolute Gasteiger partial charge is 0.156 e. The fourth-order valence-corrected chi connectivity index (χ4v) is 2.97. The van der Waals surface area contributed by atoms with Crippen LogP contribution in [0, 0.1) is 0 Å². The van der Waals surface area contributed by atoms with Crippen molar-refractivity contribution in [2.45, 2.75) is 25.5 Å². The van der Waals surface area contributed by atoms with E-state index in [1.807, 2.05) is 12.1 Å². The molecule has 0 bridgehead atoms. The molecule has 0 aromatic heterocycles. The first-order valence-electron chi connectivity index (χ1n) is 5.53. The maximum absolute atomic E-state index is 6.04. The summed E-state index contributed by atoms with van der Waals surface area (Å²) < 4.78 is 11.7. The number of nitrogens with one attached hydrogen (secondary N) is 1. The topological polar surface area (TPSA) is 30.5 Å². The lowest BCUT2D eigenvalue weighted by Gasteiger charge is -2.20. The number of anilines is 1. The zero-order valence-electron chi connectivity index (χ0n) is 9.80. The fourth-order valence-electron chi connectivity index (χ4n) is 2.00. The van der Waals surface area contributed by atoms with Crippen LogP contribution in [0.5, 0.6) is 5.75 Å². The van der Waals surface area contributed by atoms with E-state index >= 15 is 0 Å². The van der Waals surface area contributed by atoms with Gasteiger partial charge in [0.05, 0.1) is 29.4 Å². The summed E-state index contributed by atoms with van der Waals surface area (Å²) in [6.45, 7) is 2.86. The molecule has 94 valence electrons. The molecule has 0 saturated carbocycles. The van der Waals surface area contributed by atoms with Crippen LogP contribution >= 0.6 is 27.5 Å². The molecule has 1 aliphatic rings. The molecule has 1 heterocycles. The van der Waals surface area contributed by atoms with Gasteiger partial charge >= 0.3 is 0 Å². The molecule has 2 atom stereocenters. The summed E-state index contributed by atoms with van der Waals surface area (Å²) in [6, 6.07) is 3.99. The molecule has 0 radical (unpaired) electrons. The van der Waals surface area contributed by atoms with Gasteiger partial charge < -0.3 is 14.8 Å². The summed E-state index contributed by atoms with van der Waals surface area (Å²) in [6.07, 6.45) is 1.20. The second-order valence-electron chi connectivity index (χ2n) is 4.08. The summed E-state index contributed by atoms with van der Waals surface area (Å²) >= 11 is 9.49. The van der Waals surface area contributed by atoms with Crippen LogP contribution in [0.3, 0.4) is 0 Å². The summed E-state index contributed by atoms with van der Waals surface area (Å²) in [5.74, 6) is 0.772. The molecular formula is C12H15BrClNO2. The van der Waals surface area contributed by atoms with Crippen molar-refractivity contribution in [1.82, 2.24) is 0 Å². The quantitative estimate of drug-likeness (QED) is 0.921. The van der Waals surface area contributed by atoms with E-state index in [1.54, 1.807) is 7.11 Å². The maximum Gasteiger partial charge on any atom is 0.156 e. The summed E-state index contributed by atoms with van der Waals surface area (Å²) in [5, 5.41) is 4.10. The number of benzene rings is 1. The Morgan fingerprint density at radius 2 is 2.29 bits per heavy atom. The van der Waals surface area contributed by atoms with Crippen molar-refractivity contribution < 1.29 is 9.47 Å². The van der Waals surface area contributed by atoms with Gasteiger partial charge in [-0.2, -0.15) is 0 Å². The first-order valence-corrected chi connectivity index (χ1v) is 6.70. The van der Waals surface area contributed by atoms with E-state index < -0.39 is 0 Å². The van der Waals surface area contributed by atoms with Crippen molar-refractivity contribution in [2.75, 3.05) is 19.0 Å². The van der Waals surface area contributed by atoms with E-state index in [0.717, 1.165) is 28.9 Å². The van der Waals surface area contributed by atoms with E-state index in [-0.39, 0.29) is 6.10 Å². The highest BCUT2D eigenvalue weighted by molar-refractivity contribution is 9.10. The van der Waals surface area contributed by atoms with Gasteiger partial charge in [-0.15, -0.1) is 0 Å². The fraction of sp³-hybridized carbons (Fsp3) is 0.500. The van der Waals surface area contributed by atoms with Crippen molar-refractivity contribution in [1.29, 1.82) is 0 Å². The molecule has 1 saturated heterocycles. The van der Waals surface area contributed by atoms with Gasteiger partial charge in [-0.3, -0.25) is 0 Å². The molecule has 1 aromatic rings. The zero-order chi connectivity index (χ0) is 12.4. The van der Waals surface area contributed by atoms with Gasteiger partial charge in [0.2, 0.25) is 0 Å². The molecular weight excluding hydrogens is 305 g/mol. The third-order valence-corrected chi connectivity index (χ3v) is 3.74. The third-order valence-electron chi connectivity index (χ3n) is 2.93. The number of rotatable bonds is 3. The largest absolute Gasteiger partial charge is 0.493 e. The highest BCUT2D eigenvalue weighted by atomic mass is 79.9. The number of ether oxygens (including phenoxy) is 2. The first kappa shape index (κ1) is 13.0. The Morgan fingerprint density at radius 1 is 1.53 bits per heavy atom. The second-order valence-corrected chi connectivity index (χ2v) is 5.37. The van der Waals surface area contributed by atoms with E-state index in [9.17, 15) is 0 Å². The van der Waals surface area contributed by atoms with Crippen LogP contribution in [0.4, 0.5) is 5.69 Å². The Morgan fingerprint density at radius 3 is 2.88 bits per heavy atom. The highest BCUT2D eigenvalue weighted by Crippen LogP contribution is 2.37. The molecule has 1 aliphatic heterocycles. The van der Waals surface area contributed by atoms with Crippen molar-refractivity contribution >= 4 is 33.2 Å².